The molecule has 0 fully saturated rings. The summed E-state index contributed by atoms with van der Waals surface area (Å²) in [5.41, 5.74) is 2.34. The molecule has 0 spiro atoms. The minimum Gasteiger partial charge on any atom is -0.494 e. The van der Waals surface area contributed by atoms with Crippen molar-refractivity contribution in [2.75, 3.05) is 7.11 Å². The molecule has 3 rings (SSSR count). The summed E-state index contributed by atoms with van der Waals surface area (Å²) in [5, 5.41) is 0. The number of alkyl halides is 1. The van der Waals surface area contributed by atoms with Crippen LogP contribution in [0.15, 0.2) is 40.9 Å². The first-order valence-corrected chi connectivity index (χ1v) is 7.53. The van der Waals surface area contributed by atoms with E-state index in [-0.39, 0.29) is 11.6 Å². The molecule has 0 bridgehead atoms. The third-order valence-corrected chi connectivity index (χ3v) is 3.93. The molecule has 3 aromatic rings. The van der Waals surface area contributed by atoms with E-state index in [1.54, 1.807) is 12.1 Å². The van der Waals surface area contributed by atoms with E-state index in [2.05, 4.69) is 20.9 Å². The standard InChI is InChI=1S/C15H11BrClFN2O/c1-21-14-5-3-10(7-11(14)18)20-13-4-2-9(16)6-12(13)19-15(20)8-17/h2-7H,8H2,1H3. The Labute approximate surface area is 134 Å². The lowest BCUT2D eigenvalue weighted by Crippen LogP contribution is -2.00. The monoisotopic (exact) mass is 368 g/mol. The summed E-state index contributed by atoms with van der Waals surface area (Å²) >= 11 is 9.39. The van der Waals surface area contributed by atoms with E-state index in [0.717, 1.165) is 15.5 Å². The van der Waals surface area contributed by atoms with Crippen LogP contribution in [0.2, 0.25) is 0 Å². The van der Waals surface area contributed by atoms with Gasteiger partial charge in [0.05, 0.1) is 29.7 Å². The molecule has 0 amide bonds. The van der Waals surface area contributed by atoms with Gasteiger partial charge in [0.25, 0.3) is 0 Å². The summed E-state index contributed by atoms with van der Waals surface area (Å²) in [7, 11) is 1.44. The average Bonchev–Trinajstić information content (AvgIpc) is 2.84. The van der Waals surface area contributed by atoms with Gasteiger partial charge in [-0.25, -0.2) is 9.37 Å². The Morgan fingerprint density at radius 3 is 2.76 bits per heavy atom. The van der Waals surface area contributed by atoms with Gasteiger partial charge in [-0.05, 0) is 30.3 Å². The highest BCUT2D eigenvalue weighted by Crippen LogP contribution is 2.27. The second-order valence-corrected chi connectivity index (χ2v) is 5.63. The number of halogens is 3. The second-order valence-electron chi connectivity index (χ2n) is 4.45. The minimum absolute atomic E-state index is 0.207. The third-order valence-electron chi connectivity index (χ3n) is 3.20. The van der Waals surface area contributed by atoms with Crippen molar-refractivity contribution in [1.29, 1.82) is 0 Å². The van der Waals surface area contributed by atoms with Crippen molar-refractivity contribution in [2.24, 2.45) is 0 Å². The first-order valence-electron chi connectivity index (χ1n) is 6.21. The maximum Gasteiger partial charge on any atom is 0.167 e. The van der Waals surface area contributed by atoms with Crippen molar-refractivity contribution >= 4 is 38.6 Å². The van der Waals surface area contributed by atoms with Gasteiger partial charge in [-0.1, -0.05) is 15.9 Å². The molecule has 3 nitrogen and oxygen atoms in total. The molecule has 0 saturated heterocycles. The first-order chi connectivity index (χ1) is 10.1. The lowest BCUT2D eigenvalue weighted by atomic mass is 10.2. The number of nitrogens with zero attached hydrogens (tertiary/aromatic N) is 2. The van der Waals surface area contributed by atoms with Crippen LogP contribution in [0, 0.1) is 5.82 Å². The number of ether oxygens (including phenoxy) is 1. The van der Waals surface area contributed by atoms with Crippen molar-refractivity contribution in [1.82, 2.24) is 9.55 Å². The summed E-state index contributed by atoms with van der Waals surface area (Å²) in [6.45, 7) is 0. The molecule has 0 unspecified atom stereocenters. The number of hydrogen-bond acceptors (Lipinski definition) is 2. The van der Waals surface area contributed by atoms with Gasteiger partial charge in [-0.3, -0.25) is 4.57 Å². The number of aromatic nitrogens is 2. The van der Waals surface area contributed by atoms with E-state index in [1.165, 1.54) is 13.2 Å². The molecular weight excluding hydrogens is 359 g/mol. The summed E-state index contributed by atoms with van der Waals surface area (Å²) in [4.78, 5) is 4.49. The average molecular weight is 370 g/mol. The topological polar surface area (TPSA) is 27.1 Å². The van der Waals surface area contributed by atoms with Crippen LogP contribution in [0.1, 0.15) is 5.82 Å². The zero-order chi connectivity index (χ0) is 15.0. The molecule has 6 heteroatoms. The van der Waals surface area contributed by atoms with Gasteiger partial charge in [0, 0.05) is 10.5 Å². The molecule has 0 radical (unpaired) electrons. The van der Waals surface area contributed by atoms with E-state index in [4.69, 9.17) is 16.3 Å². The van der Waals surface area contributed by atoms with E-state index in [0.29, 0.717) is 11.5 Å². The van der Waals surface area contributed by atoms with Crippen LogP contribution in [-0.4, -0.2) is 16.7 Å². The number of methoxy groups -OCH3 is 1. The molecular formula is C15H11BrClFN2O. The molecule has 0 aliphatic rings. The van der Waals surface area contributed by atoms with Crippen LogP contribution in [0.3, 0.4) is 0 Å². The fourth-order valence-electron chi connectivity index (χ4n) is 2.28. The first kappa shape index (κ1) is 14.4. The van der Waals surface area contributed by atoms with Crippen molar-refractivity contribution in [2.45, 2.75) is 5.88 Å². The number of rotatable bonds is 3. The van der Waals surface area contributed by atoms with Crippen LogP contribution in [0.4, 0.5) is 4.39 Å². The van der Waals surface area contributed by atoms with Crippen LogP contribution < -0.4 is 4.74 Å². The van der Waals surface area contributed by atoms with E-state index in [1.807, 2.05) is 22.8 Å². The maximum absolute atomic E-state index is 13.9. The molecule has 1 heterocycles. The van der Waals surface area contributed by atoms with Crippen LogP contribution in [-0.2, 0) is 5.88 Å². The molecule has 108 valence electrons. The van der Waals surface area contributed by atoms with Gasteiger partial charge in [0.15, 0.2) is 11.6 Å². The summed E-state index contributed by atoms with van der Waals surface area (Å²) in [5.74, 6) is 0.682. The van der Waals surface area contributed by atoms with E-state index >= 15 is 0 Å². The number of hydrogen-bond donors (Lipinski definition) is 0. The van der Waals surface area contributed by atoms with E-state index in [9.17, 15) is 4.39 Å². The Morgan fingerprint density at radius 2 is 2.10 bits per heavy atom. The normalized spacial score (nSPS) is 11.0. The predicted octanol–water partition coefficient (Wildman–Crippen LogP) is 4.67. The fourth-order valence-corrected chi connectivity index (χ4v) is 2.80. The largest absolute Gasteiger partial charge is 0.494 e. The molecule has 0 atom stereocenters. The zero-order valence-electron chi connectivity index (χ0n) is 11.1. The van der Waals surface area contributed by atoms with Gasteiger partial charge < -0.3 is 4.74 Å². The van der Waals surface area contributed by atoms with Gasteiger partial charge in [0.2, 0.25) is 0 Å². The summed E-state index contributed by atoms with van der Waals surface area (Å²) in [6, 6.07) is 10.5. The van der Waals surface area contributed by atoms with Crippen molar-refractivity contribution in [3.05, 3.63) is 52.5 Å². The van der Waals surface area contributed by atoms with Crippen molar-refractivity contribution in [3.8, 4) is 11.4 Å². The lowest BCUT2D eigenvalue weighted by Gasteiger charge is -2.09. The van der Waals surface area contributed by atoms with Crippen LogP contribution in [0.5, 0.6) is 5.75 Å². The lowest BCUT2D eigenvalue weighted by molar-refractivity contribution is 0.386. The van der Waals surface area contributed by atoms with Crippen LogP contribution in [0.25, 0.3) is 16.7 Å². The van der Waals surface area contributed by atoms with Gasteiger partial charge in [-0.15, -0.1) is 11.6 Å². The molecule has 1 aromatic heterocycles. The fraction of sp³-hybridized carbons (Fsp3) is 0.133. The Balaban J connectivity index is 2.25. The SMILES string of the molecule is COc1ccc(-n2c(CCl)nc3cc(Br)ccc32)cc1F. The molecule has 21 heavy (non-hydrogen) atoms. The Kier molecular flexibility index (Phi) is 3.87. The zero-order valence-corrected chi connectivity index (χ0v) is 13.4. The maximum atomic E-state index is 13.9. The highest BCUT2D eigenvalue weighted by Gasteiger charge is 2.13. The number of imidazole rings is 1. The highest BCUT2D eigenvalue weighted by molar-refractivity contribution is 9.10. The molecule has 0 aliphatic carbocycles. The smallest absolute Gasteiger partial charge is 0.167 e. The Bertz CT molecular complexity index is 819. The Hall–Kier alpha value is -1.59. The summed E-state index contributed by atoms with van der Waals surface area (Å²) < 4.78 is 21.7. The quantitative estimate of drug-likeness (QED) is 0.627. The number of fused-ring (bicyclic) bond motifs is 1. The second kappa shape index (κ2) is 5.66. The predicted molar refractivity (Wildman–Crippen MR) is 84.8 cm³/mol. The number of benzene rings is 2. The molecule has 2 aromatic carbocycles. The van der Waals surface area contributed by atoms with E-state index < -0.39 is 5.82 Å². The molecule has 0 saturated carbocycles. The minimum atomic E-state index is -0.422. The summed E-state index contributed by atoms with van der Waals surface area (Å²) in [6.07, 6.45) is 0. The van der Waals surface area contributed by atoms with Crippen molar-refractivity contribution in [3.63, 3.8) is 0 Å². The third kappa shape index (κ3) is 2.51. The van der Waals surface area contributed by atoms with Gasteiger partial charge in [-0.2, -0.15) is 0 Å². The Morgan fingerprint density at radius 1 is 1.29 bits per heavy atom. The van der Waals surface area contributed by atoms with Gasteiger partial charge >= 0.3 is 0 Å². The van der Waals surface area contributed by atoms with Gasteiger partial charge in [0.1, 0.15) is 5.82 Å². The van der Waals surface area contributed by atoms with Crippen LogP contribution >= 0.6 is 27.5 Å². The highest BCUT2D eigenvalue weighted by atomic mass is 79.9. The molecule has 0 N–H and O–H groups in total. The molecule has 0 aliphatic heterocycles. The van der Waals surface area contributed by atoms with Crippen molar-refractivity contribution < 1.29 is 9.13 Å².